The highest BCUT2D eigenvalue weighted by atomic mass is 16.5. The van der Waals surface area contributed by atoms with E-state index in [0.29, 0.717) is 24.5 Å². The molecule has 2 aromatic rings. The van der Waals surface area contributed by atoms with E-state index in [4.69, 9.17) is 4.74 Å². The van der Waals surface area contributed by atoms with Crippen molar-refractivity contribution in [3.63, 3.8) is 0 Å². The molecule has 0 heterocycles. The van der Waals surface area contributed by atoms with Crippen LogP contribution in [0.15, 0.2) is 67.3 Å². The fourth-order valence-corrected chi connectivity index (χ4v) is 2.73. The molecule has 0 aromatic heterocycles. The third-order valence-electron chi connectivity index (χ3n) is 4.16. The molecule has 1 N–H and O–H groups in total. The largest absolute Gasteiger partial charge is 0.497 e. The molecule has 0 radical (unpaired) electrons. The van der Waals surface area contributed by atoms with E-state index >= 15 is 0 Å². The number of carbonyl (C=O) groups is 2. The zero-order chi connectivity index (χ0) is 20.4. The minimum absolute atomic E-state index is 0.0245. The van der Waals surface area contributed by atoms with Crippen LogP contribution in [0, 0.1) is 0 Å². The molecule has 148 valence electrons. The van der Waals surface area contributed by atoms with Crippen molar-refractivity contribution in [3.05, 3.63) is 72.8 Å². The van der Waals surface area contributed by atoms with Gasteiger partial charge in [0.05, 0.1) is 20.2 Å². The van der Waals surface area contributed by atoms with Crippen LogP contribution in [-0.2, 0) is 16.1 Å². The summed E-state index contributed by atoms with van der Waals surface area (Å²) in [5, 5.41) is 2.78. The summed E-state index contributed by atoms with van der Waals surface area (Å²) < 4.78 is 5.14. The smallest absolute Gasteiger partial charge is 0.243 e. The number of likely N-dealkylation sites (N-methyl/N-ethyl adjacent to an activating group) is 1. The van der Waals surface area contributed by atoms with Crippen LogP contribution in [0.3, 0.4) is 0 Å². The molecule has 28 heavy (non-hydrogen) atoms. The van der Waals surface area contributed by atoms with E-state index in [2.05, 4.69) is 11.9 Å². The van der Waals surface area contributed by atoms with Crippen molar-refractivity contribution in [2.75, 3.05) is 39.1 Å². The minimum atomic E-state index is -0.262. The van der Waals surface area contributed by atoms with E-state index in [1.165, 1.54) is 4.90 Å². The Hall–Kier alpha value is -3.12. The summed E-state index contributed by atoms with van der Waals surface area (Å²) in [7, 11) is 3.19. The molecule has 0 saturated heterocycles. The average molecular weight is 381 g/mol. The highest BCUT2D eigenvalue weighted by molar-refractivity contribution is 5.94. The summed E-state index contributed by atoms with van der Waals surface area (Å²) in [4.78, 5) is 28.2. The van der Waals surface area contributed by atoms with Crippen molar-refractivity contribution in [2.45, 2.75) is 6.54 Å². The Labute approximate surface area is 166 Å². The van der Waals surface area contributed by atoms with Gasteiger partial charge in [-0.3, -0.25) is 14.5 Å². The maximum atomic E-state index is 12.6. The number of benzene rings is 2. The number of amides is 2. The van der Waals surface area contributed by atoms with Crippen molar-refractivity contribution >= 4 is 17.5 Å². The quantitative estimate of drug-likeness (QED) is 0.643. The van der Waals surface area contributed by atoms with Gasteiger partial charge < -0.3 is 15.0 Å². The predicted octanol–water partition coefficient (Wildman–Crippen LogP) is 2.78. The van der Waals surface area contributed by atoms with Gasteiger partial charge >= 0.3 is 0 Å². The lowest BCUT2D eigenvalue weighted by Crippen LogP contribution is -2.41. The summed E-state index contributed by atoms with van der Waals surface area (Å²) in [6, 6.07) is 17.0. The number of carbonyl (C=O) groups excluding carboxylic acids is 2. The molecule has 0 saturated carbocycles. The SMILES string of the molecule is C=CCN(CC(=O)N(C)CC(=O)Nc1cccc(OC)c1)Cc1ccccc1. The number of hydrogen-bond donors (Lipinski definition) is 1. The number of hydrogen-bond acceptors (Lipinski definition) is 4. The Morgan fingerprint density at radius 2 is 1.86 bits per heavy atom. The van der Waals surface area contributed by atoms with Gasteiger partial charge in [0.15, 0.2) is 0 Å². The van der Waals surface area contributed by atoms with Gasteiger partial charge in [-0.2, -0.15) is 0 Å². The summed E-state index contributed by atoms with van der Waals surface area (Å²) in [5.74, 6) is 0.268. The van der Waals surface area contributed by atoms with Gasteiger partial charge in [0, 0.05) is 31.9 Å². The molecule has 0 bridgehead atoms. The minimum Gasteiger partial charge on any atom is -0.497 e. The Balaban J connectivity index is 1.88. The van der Waals surface area contributed by atoms with Crippen LogP contribution in [0.2, 0.25) is 0 Å². The van der Waals surface area contributed by atoms with Gasteiger partial charge in [-0.05, 0) is 17.7 Å². The van der Waals surface area contributed by atoms with E-state index in [0.717, 1.165) is 5.56 Å². The zero-order valence-corrected chi connectivity index (χ0v) is 16.4. The zero-order valence-electron chi connectivity index (χ0n) is 16.4. The highest BCUT2D eigenvalue weighted by Crippen LogP contribution is 2.16. The Morgan fingerprint density at radius 1 is 1.11 bits per heavy atom. The molecule has 0 aliphatic rings. The molecule has 6 heteroatoms. The standard InChI is InChI=1S/C22H27N3O3/c1-4-13-25(15-18-9-6-5-7-10-18)17-22(27)24(2)16-21(26)23-19-11-8-12-20(14-19)28-3/h4-12,14H,1,13,15-17H2,2-3H3,(H,23,26). The van der Waals surface area contributed by atoms with Gasteiger partial charge in [-0.25, -0.2) is 0 Å². The summed E-state index contributed by atoms with van der Waals surface area (Å²) in [6.45, 7) is 5.18. The van der Waals surface area contributed by atoms with Crippen LogP contribution in [0.1, 0.15) is 5.56 Å². The second-order valence-electron chi connectivity index (χ2n) is 6.47. The second-order valence-corrected chi connectivity index (χ2v) is 6.47. The van der Waals surface area contributed by atoms with Crippen molar-refractivity contribution in [2.24, 2.45) is 0 Å². The molecule has 0 unspecified atom stereocenters. The second kappa shape index (κ2) is 10.9. The van der Waals surface area contributed by atoms with Crippen molar-refractivity contribution < 1.29 is 14.3 Å². The monoisotopic (exact) mass is 381 g/mol. The maximum Gasteiger partial charge on any atom is 0.243 e. The van der Waals surface area contributed by atoms with Crippen LogP contribution >= 0.6 is 0 Å². The molecule has 2 rings (SSSR count). The van der Waals surface area contributed by atoms with Crippen LogP contribution in [0.25, 0.3) is 0 Å². The first-order valence-corrected chi connectivity index (χ1v) is 9.07. The van der Waals surface area contributed by atoms with Crippen LogP contribution < -0.4 is 10.1 Å². The summed E-state index contributed by atoms with van der Waals surface area (Å²) in [5.41, 5.74) is 1.75. The van der Waals surface area contributed by atoms with Crippen LogP contribution in [-0.4, -0.2) is 55.4 Å². The molecule has 6 nitrogen and oxygen atoms in total. The first-order chi connectivity index (χ1) is 13.5. The lowest BCUT2D eigenvalue weighted by Gasteiger charge is -2.24. The summed E-state index contributed by atoms with van der Waals surface area (Å²) in [6.07, 6.45) is 1.77. The Kier molecular flexibility index (Phi) is 8.24. The van der Waals surface area contributed by atoms with Crippen molar-refractivity contribution in [3.8, 4) is 5.75 Å². The maximum absolute atomic E-state index is 12.6. The van der Waals surface area contributed by atoms with Gasteiger partial charge in [0.25, 0.3) is 0 Å². The van der Waals surface area contributed by atoms with E-state index in [1.807, 2.05) is 35.2 Å². The van der Waals surface area contributed by atoms with E-state index in [1.54, 1.807) is 44.5 Å². The first kappa shape index (κ1) is 21.2. The molecule has 0 aliphatic heterocycles. The van der Waals surface area contributed by atoms with Gasteiger partial charge in [-0.1, -0.05) is 42.5 Å². The normalized spacial score (nSPS) is 10.4. The Morgan fingerprint density at radius 3 is 2.54 bits per heavy atom. The number of rotatable bonds is 10. The number of methoxy groups -OCH3 is 1. The lowest BCUT2D eigenvalue weighted by atomic mass is 10.2. The van der Waals surface area contributed by atoms with E-state index < -0.39 is 0 Å². The molecule has 0 spiro atoms. The topological polar surface area (TPSA) is 61.9 Å². The average Bonchev–Trinajstić information content (AvgIpc) is 2.68. The van der Waals surface area contributed by atoms with Crippen molar-refractivity contribution in [1.29, 1.82) is 0 Å². The number of anilines is 1. The molecule has 0 fully saturated rings. The number of nitrogens with one attached hydrogen (secondary N) is 1. The number of nitrogens with zero attached hydrogens (tertiary/aromatic N) is 2. The molecule has 2 aromatic carbocycles. The number of ether oxygens (including phenoxy) is 1. The van der Waals surface area contributed by atoms with Crippen LogP contribution in [0.4, 0.5) is 5.69 Å². The van der Waals surface area contributed by atoms with Gasteiger partial charge in [0.2, 0.25) is 11.8 Å². The van der Waals surface area contributed by atoms with E-state index in [-0.39, 0.29) is 24.9 Å². The lowest BCUT2D eigenvalue weighted by molar-refractivity contribution is -0.134. The van der Waals surface area contributed by atoms with Crippen LogP contribution in [0.5, 0.6) is 5.75 Å². The molecule has 0 aliphatic carbocycles. The molecule has 2 amide bonds. The third kappa shape index (κ3) is 6.89. The molecular weight excluding hydrogens is 354 g/mol. The van der Waals surface area contributed by atoms with Gasteiger partial charge in [0.1, 0.15) is 5.75 Å². The summed E-state index contributed by atoms with van der Waals surface area (Å²) >= 11 is 0. The van der Waals surface area contributed by atoms with E-state index in [9.17, 15) is 9.59 Å². The third-order valence-corrected chi connectivity index (χ3v) is 4.16. The van der Waals surface area contributed by atoms with Gasteiger partial charge in [-0.15, -0.1) is 6.58 Å². The first-order valence-electron chi connectivity index (χ1n) is 9.07. The molecular formula is C22H27N3O3. The molecule has 0 atom stereocenters. The predicted molar refractivity (Wildman–Crippen MR) is 111 cm³/mol. The fourth-order valence-electron chi connectivity index (χ4n) is 2.73. The van der Waals surface area contributed by atoms with Crippen molar-refractivity contribution in [1.82, 2.24) is 9.80 Å². The Bertz CT molecular complexity index is 793. The highest BCUT2D eigenvalue weighted by Gasteiger charge is 2.17. The fraction of sp³-hybridized carbons (Fsp3) is 0.273.